The number of carbonyl (C=O) groups is 1. The van der Waals surface area contributed by atoms with E-state index in [1.807, 2.05) is 0 Å². The Balaban J connectivity index is 2.89. The molecule has 1 aliphatic carbocycles. The van der Waals surface area contributed by atoms with Crippen LogP contribution in [0.3, 0.4) is 0 Å². The maximum absolute atomic E-state index is 11.5. The number of esters is 1. The smallest absolute Gasteiger partial charge is 0.330 e. The Morgan fingerprint density at radius 2 is 1.89 bits per heavy atom. The maximum Gasteiger partial charge on any atom is 0.330 e. The van der Waals surface area contributed by atoms with Gasteiger partial charge in [-0.25, -0.2) is 4.79 Å². The van der Waals surface area contributed by atoms with Crippen molar-refractivity contribution in [3.05, 3.63) is 11.6 Å². The van der Waals surface area contributed by atoms with E-state index in [0.29, 0.717) is 5.92 Å². The lowest BCUT2D eigenvalue weighted by molar-refractivity contribution is -0.135. The molecule has 110 valence electrons. The van der Waals surface area contributed by atoms with Crippen LogP contribution in [0.5, 0.6) is 0 Å². The molecule has 0 saturated heterocycles. The Morgan fingerprint density at radius 1 is 1.32 bits per heavy atom. The normalized spacial score (nSPS) is 26.8. The Bertz CT molecular complexity index is 366. The highest BCUT2D eigenvalue weighted by Gasteiger charge is 2.41. The van der Waals surface area contributed by atoms with Crippen LogP contribution >= 0.6 is 0 Å². The summed E-state index contributed by atoms with van der Waals surface area (Å²) < 4.78 is 11.2. The first-order valence-electron chi connectivity index (χ1n) is 7.05. The van der Waals surface area contributed by atoms with E-state index in [1.54, 1.807) is 6.08 Å². The number of rotatable bonds is 3. The van der Waals surface area contributed by atoms with E-state index in [9.17, 15) is 4.79 Å². The predicted molar refractivity (Wildman–Crippen MR) is 80.6 cm³/mol. The SMILES string of the molecule is COC(=O)/C=C1\[C@H](C)CC[C@@H]1O[Si](C)(C)C(C)(C)C. The maximum atomic E-state index is 11.5. The van der Waals surface area contributed by atoms with E-state index in [2.05, 4.69) is 40.8 Å². The van der Waals surface area contributed by atoms with E-state index >= 15 is 0 Å². The van der Waals surface area contributed by atoms with E-state index < -0.39 is 8.32 Å². The lowest BCUT2D eigenvalue weighted by atomic mass is 10.0. The van der Waals surface area contributed by atoms with Gasteiger partial charge in [-0.15, -0.1) is 0 Å². The second kappa shape index (κ2) is 5.79. The molecule has 4 heteroatoms. The van der Waals surface area contributed by atoms with E-state index in [4.69, 9.17) is 9.16 Å². The lowest BCUT2D eigenvalue weighted by Gasteiger charge is -2.39. The second-order valence-electron chi connectivity index (χ2n) is 7.01. The van der Waals surface area contributed by atoms with Gasteiger partial charge in [0.25, 0.3) is 0 Å². The van der Waals surface area contributed by atoms with Gasteiger partial charge in [0.05, 0.1) is 13.2 Å². The van der Waals surface area contributed by atoms with Crippen molar-refractivity contribution >= 4 is 14.3 Å². The topological polar surface area (TPSA) is 35.5 Å². The third-order valence-corrected chi connectivity index (χ3v) is 9.02. The third kappa shape index (κ3) is 3.92. The molecule has 1 rings (SSSR count). The molecule has 0 heterocycles. The highest BCUT2D eigenvalue weighted by molar-refractivity contribution is 6.74. The van der Waals surface area contributed by atoms with Crippen LogP contribution in [0.4, 0.5) is 0 Å². The summed E-state index contributed by atoms with van der Waals surface area (Å²) in [6.45, 7) is 13.4. The van der Waals surface area contributed by atoms with Gasteiger partial charge in [-0.3, -0.25) is 0 Å². The van der Waals surface area contributed by atoms with Gasteiger partial charge in [-0.1, -0.05) is 27.7 Å². The van der Waals surface area contributed by atoms with Gasteiger partial charge in [-0.05, 0) is 42.5 Å². The Hall–Kier alpha value is -0.613. The summed E-state index contributed by atoms with van der Waals surface area (Å²) >= 11 is 0. The van der Waals surface area contributed by atoms with Crippen molar-refractivity contribution < 1.29 is 14.0 Å². The molecule has 0 aliphatic heterocycles. The van der Waals surface area contributed by atoms with Crippen molar-refractivity contribution in [2.24, 2.45) is 5.92 Å². The van der Waals surface area contributed by atoms with Crippen molar-refractivity contribution in [3.8, 4) is 0 Å². The second-order valence-corrected chi connectivity index (χ2v) is 11.8. The molecule has 0 aromatic rings. The van der Waals surface area contributed by atoms with Gasteiger partial charge in [0.1, 0.15) is 0 Å². The van der Waals surface area contributed by atoms with Crippen molar-refractivity contribution in [1.29, 1.82) is 0 Å². The molecule has 0 radical (unpaired) electrons. The highest BCUT2D eigenvalue weighted by Crippen LogP contribution is 2.42. The van der Waals surface area contributed by atoms with Gasteiger partial charge < -0.3 is 9.16 Å². The zero-order valence-corrected chi connectivity index (χ0v) is 14.4. The first-order valence-corrected chi connectivity index (χ1v) is 9.96. The molecular weight excluding hydrogens is 256 g/mol. The molecule has 0 N–H and O–H groups in total. The van der Waals surface area contributed by atoms with Crippen molar-refractivity contribution in [2.45, 2.75) is 64.8 Å². The van der Waals surface area contributed by atoms with Crippen LogP contribution in [0.2, 0.25) is 18.1 Å². The molecule has 0 aromatic carbocycles. The number of hydrogen-bond acceptors (Lipinski definition) is 3. The van der Waals surface area contributed by atoms with E-state index in [-0.39, 0.29) is 17.1 Å². The van der Waals surface area contributed by atoms with E-state index in [0.717, 1.165) is 18.4 Å². The van der Waals surface area contributed by atoms with Crippen LogP contribution in [0.25, 0.3) is 0 Å². The van der Waals surface area contributed by atoms with Crippen LogP contribution in [-0.4, -0.2) is 27.5 Å². The number of ether oxygens (including phenoxy) is 1. The minimum Gasteiger partial charge on any atom is -0.466 e. The van der Waals surface area contributed by atoms with Crippen molar-refractivity contribution in [3.63, 3.8) is 0 Å². The van der Waals surface area contributed by atoms with Crippen LogP contribution < -0.4 is 0 Å². The molecule has 1 saturated carbocycles. The fourth-order valence-corrected chi connectivity index (χ4v) is 3.46. The minimum atomic E-state index is -1.80. The summed E-state index contributed by atoms with van der Waals surface area (Å²) in [5.41, 5.74) is 1.11. The molecule has 3 nitrogen and oxygen atoms in total. The summed E-state index contributed by atoms with van der Waals surface area (Å²) in [5.74, 6) is 0.140. The quantitative estimate of drug-likeness (QED) is 0.448. The van der Waals surface area contributed by atoms with Crippen LogP contribution in [0, 0.1) is 5.92 Å². The zero-order chi connectivity index (χ0) is 14.8. The van der Waals surface area contributed by atoms with Crippen molar-refractivity contribution in [2.75, 3.05) is 7.11 Å². The van der Waals surface area contributed by atoms with Crippen LogP contribution in [0.15, 0.2) is 11.6 Å². The molecule has 1 fully saturated rings. The van der Waals surface area contributed by atoms with E-state index in [1.165, 1.54) is 7.11 Å². The Kier molecular flexibility index (Phi) is 5.01. The number of hydrogen-bond donors (Lipinski definition) is 0. The fourth-order valence-electron chi connectivity index (χ4n) is 2.14. The predicted octanol–water partition coefficient (Wildman–Crippen LogP) is 3.91. The summed E-state index contributed by atoms with van der Waals surface area (Å²) in [5, 5.41) is 0.190. The molecule has 0 bridgehead atoms. The lowest BCUT2D eigenvalue weighted by Crippen LogP contribution is -2.43. The molecule has 19 heavy (non-hydrogen) atoms. The first kappa shape index (κ1) is 16.4. The van der Waals surface area contributed by atoms with Crippen molar-refractivity contribution in [1.82, 2.24) is 0 Å². The molecule has 0 amide bonds. The molecular formula is C15H28O3Si. The largest absolute Gasteiger partial charge is 0.466 e. The standard InChI is InChI=1S/C15H28O3Si/c1-11-8-9-13(12(11)10-14(16)17-5)18-19(6,7)15(2,3)4/h10-11,13H,8-9H2,1-7H3/b12-10+/t11-,13+/m1/s1. The van der Waals surface area contributed by atoms with Gasteiger partial charge in [0, 0.05) is 6.08 Å². The molecule has 0 aromatic heterocycles. The number of methoxy groups -OCH3 is 1. The average Bonchev–Trinajstić information content (AvgIpc) is 2.59. The zero-order valence-electron chi connectivity index (χ0n) is 13.4. The van der Waals surface area contributed by atoms with Crippen LogP contribution in [0.1, 0.15) is 40.5 Å². The van der Waals surface area contributed by atoms with Gasteiger partial charge in [0.2, 0.25) is 0 Å². The van der Waals surface area contributed by atoms with Gasteiger partial charge in [-0.2, -0.15) is 0 Å². The highest BCUT2D eigenvalue weighted by atomic mass is 28.4. The molecule has 1 aliphatic rings. The fraction of sp³-hybridized carbons (Fsp3) is 0.800. The molecule has 2 atom stereocenters. The minimum absolute atomic E-state index is 0.0926. The summed E-state index contributed by atoms with van der Waals surface area (Å²) in [4.78, 5) is 11.5. The van der Waals surface area contributed by atoms with Gasteiger partial charge >= 0.3 is 5.97 Å². The Labute approximate surface area is 118 Å². The monoisotopic (exact) mass is 284 g/mol. The average molecular weight is 284 g/mol. The van der Waals surface area contributed by atoms with Crippen LogP contribution in [-0.2, 0) is 14.0 Å². The first-order chi connectivity index (χ1) is 8.58. The summed E-state index contributed by atoms with van der Waals surface area (Å²) in [6.07, 6.45) is 3.82. The molecule has 0 spiro atoms. The van der Waals surface area contributed by atoms with Gasteiger partial charge in [0.15, 0.2) is 8.32 Å². The summed E-state index contributed by atoms with van der Waals surface area (Å²) in [6, 6.07) is 0. The number of carbonyl (C=O) groups excluding carboxylic acids is 1. The summed E-state index contributed by atoms with van der Waals surface area (Å²) in [7, 11) is -0.376. The molecule has 0 unspecified atom stereocenters. The third-order valence-electron chi connectivity index (χ3n) is 4.53. The Morgan fingerprint density at radius 3 is 2.37 bits per heavy atom.